The van der Waals surface area contributed by atoms with Crippen LogP contribution in [0.3, 0.4) is 0 Å². The maximum atomic E-state index is 5.88. The van der Waals surface area contributed by atoms with Crippen molar-refractivity contribution in [1.29, 1.82) is 0 Å². The lowest BCUT2D eigenvalue weighted by Gasteiger charge is -2.25. The van der Waals surface area contributed by atoms with Crippen molar-refractivity contribution in [2.24, 2.45) is 0 Å². The third-order valence-electron chi connectivity index (χ3n) is 3.45. The highest BCUT2D eigenvalue weighted by Gasteiger charge is 2.18. The maximum absolute atomic E-state index is 5.88. The molecule has 0 amide bonds. The lowest BCUT2D eigenvalue weighted by atomic mass is 10.00. The summed E-state index contributed by atoms with van der Waals surface area (Å²) in [7, 11) is 0. The fourth-order valence-corrected chi connectivity index (χ4v) is 2.27. The molecule has 20 heavy (non-hydrogen) atoms. The molecule has 2 unspecified atom stereocenters. The Morgan fingerprint density at radius 3 is 2.30 bits per heavy atom. The van der Waals surface area contributed by atoms with Crippen molar-refractivity contribution in [1.82, 2.24) is 5.32 Å². The molecule has 1 aromatic rings. The highest BCUT2D eigenvalue weighted by molar-refractivity contribution is 5.25. The molecule has 114 valence electrons. The monoisotopic (exact) mass is 279 g/mol. The van der Waals surface area contributed by atoms with Gasteiger partial charge in [0.05, 0.1) is 25.4 Å². The predicted molar refractivity (Wildman–Crippen MR) is 84.1 cm³/mol. The number of rotatable bonds is 10. The minimum absolute atomic E-state index is 0.128. The first-order valence-corrected chi connectivity index (χ1v) is 7.74. The molecule has 0 aromatic heterocycles. The molecule has 0 heterocycles. The Morgan fingerprint density at radius 1 is 1.05 bits per heavy atom. The van der Waals surface area contributed by atoms with Crippen LogP contribution in [0.5, 0.6) is 0 Å². The van der Waals surface area contributed by atoms with E-state index in [1.165, 1.54) is 11.1 Å². The molecule has 0 spiro atoms. The summed E-state index contributed by atoms with van der Waals surface area (Å²) in [5.74, 6) is 0. The number of ether oxygens (including phenoxy) is 2. The molecule has 0 aliphatic carbocycles. The normalized spacial score (nSPS) is 14.2. The summed E-state index contributed by atoms with van der Waals surface area (Å²) in [6.07, 6.45) is 1.20. The van der Waals surface area contributed by atoms with Crippen molar-refractivity contribution < 1.29 is 9.47 Å². The van der Waals surface area contributed by atoms with E-state index in [-0.39, 0.29) is 12.1 Å². The Hall–Kier alpha value is -0.900. The third-order valence-corrected chi connectivity index (χ3v) is 3.45. The van der Waals surface area contributed by atoms with Crippen LogP contribution in [-0.4, -0.2) is 32.5 Å². The van der Waals surface area contributed by atoms with Gasteiger partial charge in [-0.2, -0.15) is 0 Å². The molecule has 3 nitrogen and oxygen atoms in total. The van der Waals surface area contributed by atoms with Crippen LogP contribution in [0.25, 0.3) is 0 Å². The zero-order chi connectivity index (χ0) is 14.8. The molecule has 1 N–H and O–H groups in total. The highest BCUT2D eigenvalue weighted by Crippen LogP contribution is 2.20. The molecule has 1 aromatic carbocycles. The van der Waals surface area contributed by atoms with Gasteiger partial charge in [-0.1, -0.05) is 38.1 Å². The minimum atomic E-state index is 0.128. The van der Waals surface area contributed by atoms with E-state index in [2.05, 4.69) is 50.4 Å². The Kier molecular flexibility index (Phi) is 8.51. The average molecular weight is 279 g/mol. The first-order valence-electron chi connectivity index (χ1n) is 7.74. The molecule has 0 radical (unpaired) electrons. The van der Waals surface area contributed by atoms with Crippen molar-refractivity contribution >= 4 is 0 Å². The van der Waals surface area contributed by atoms with Crippen LogP contribution in [0.2, 0.25) is 0 Å². The van der Waals surface area contributed by atoms with Gasteiger partial charge in [0.25, 0.3) is 0 Å². The number of benzene rings is 1. The second-order valence-electron chi connectivity index (χ2n) is 4.90. The van der Waals surface area contributed by atoms with E-state index in [1.807, 2.05) is 6.92 Å². The summed E-state index contributed by atoms with van der Waals surface area (Å²) in [5, 5.41) is 3.51. The van der Waals surface area contributed by atoms with Gasteiger partial charge < -0.3 is 14.8 Å². The average Bonchev–Trinajstić information content (AvgIpc) is 2.49. The topological polar surface area (TPSA) is 30.5 Å². The first kappa shape index (κ1) is 17.2. The van der Waals surface area contributed by atoms with Crippen molar-refractivity contribution in [3.63, 3.8) is 0 Å². The van der Waals surface area contributed by atoms with Gasteiger partial charge in [0.15, 0.2) is 0 Å². The second-order valence-corrected chi connectivity index (χ2v) is 4.90. The van der Waals surface area contributed by atoms with Crippen LogP contribution >= 0.6 is 0 Å². The van der Waals surface area contributed by atoms with Gasteiger partial charge >= 0.3 is 0 Å². The van der Waals surface area contributed by atoms with Crippen LogP contribution in [0.15, 0.2) is 24.3 Å². The van der Waals surface area contributed by atoms with Gasteiger partial charge in [-0.3, -0.25) is 0 Å². The highest BCUT2D eigenvalue weighted by atomic mass is 16.5. The Bertz CT molecular complexity index is 351. The van der Waals surface area contributed by atoms with Gasteiger partial charge in [-0.25, -0.2) is 0 Å². The van der Waals surface area contributed by atoms with Gasteiger partial charge in [0.1, 0.15) is 0 Å². The zero-order valence-electron chi connectivity index (χ0n) is 13.3. The number of aryl methyl sites for hydroxylation is 1. The SMILES string of the molecule is CCNC(c1ccc(CC)cc1)C(C)OCCOCC. The van der Waals surface area contributed by atoms with E-state index >= 15 is 0 Å². The number of likely N-dealkylation sites (N-methyl/N-ethyl adjacent to an activating group) is 1. The van der Waals surface area contributed by atoms with Crippen LogP contribution in [0.1, 0.15) is 44.9 Å². The summed E-state index contributed by atoms with van der Waals surface area (Å²) >= 11 is 0. The van der Waals surface area contributed by atoms with Crippen molar-refractivity contribution in [3.8, 4) is 0 Å². The molecule has 0 saturated heterocycles. The van der Waals surface area contributed by atoms with E-state index in [0.29, 0.717) is 13.2 Å². The first-order chi connectivity index (χ1) is 9.72. The van der Waals surface area contributed by atoms with Crippen LogP contribution in [-0.2, 0) is 15.9 Å². The summed E-state index contributed by atoms with van der Waals surface area (Å²) in [5.41, 5.74) is 2.65. The number of hydrogen-bond donors (Lipinski definition) is 1. The zero-order valence-corrected chi connectivity index (χ0v) is 13.3. The van der Waals surface area contributed by atoms with Crippen molar-refractivity contribution in [2.45, 2.75) is 46.3 Å². The summed E-state index contributed by atoms with van der Waals surface area (Å²) < 4.78 is 11.2. The van der Waals surface area contributed by atoms with Gasteiger partial charge in [0.2, 0.25) is 0 Å². The number of hydrogen-bond acceptors (Lipinski definition) is 3. The maximum Gasteiger partial charge on any atom is 0.0742 e. The minimum Gasteiger partial charge on any atom is -0.379 e. The molecule has 0 bridgehead atoms. The quantitative estimate of drug-likeness (QED) is 0.666. The fraction of sp³-hybridized carbons (Fsp3) is 0.647. The largest absolute Gasteiger partial charge is 0.379 e. The van der Waals surface area contributed by atoms with Crippen LogP contribution < -0.4 is 5.32 Å². The fourth-order valence-electron chi connectivity index (χ4n) is 2.27. The van der Waals surface area contributed by atoms with Crippen LogP contribution in [0, 0.1) is 0 Å². The lowest BCUT2D eigenvalue weighted by Crippen LogP contribution is -2.32. The molecular weight excluding hydrogens is 250 g/mol. The smallest absolute Gasteiger partial charge is 0.0742 e. The molecule has 1 rings (SSSR count). The molecular formula is C17H29NO2. The molecule has 2 atom stereocenters. The molecule has 0 saturated carbocycles. The summed E-state index contributed by atoms with van der Waals surface area (Å²) in [6.45, 7) is 11.4. The Balaban J connectivity index is 2.61. The predicted octanol–water partition coefficient (Wildman–Crippen LogP) is 3.34. The lowest BCUT2D eigenvalue weighted by molar-refractivity contribution is -0.000964. The third kappa shape index (κ3) is 5.61. The van der Waals surface area contributed by atoms with E-state index in [4.69, 9.17) is 9.47 Å². The van der Waals surface area contributed by atoms with Crippen LogP contribution in [0.4, 0.5) is 0 Å². The second kappa shape index (κ2) is 9.92. The van der Waals surface area contributed by atoms with Gasteiger partial charge in [-0.15, -0.1) is 0 Å². The summed E-state index contributed by atoms with van der Waals surface area (Å²) in [6, 6.07) is 9.04. The van der Waals surface area contributed by atoms with Gasteiger partial charge in [-0.05, 0) is 37.9 Å². The van der Waals surface area contributed by atoms with E-state index in [9.17, 15) is 0 Å². The molecule has 3 heteroatoms. The van der Waals surface area contributed by atoms with E-state index in [0.717, 1.165) is 19.6 Å². The molecule has 0 fully saturated rings. The Labute approximate surface area is 123 Å². The number of nitrogens with one attached hydrogen (secondary N) is 1. The molecule has 0 aliphatic rings. The van der Waals surface area contributed by atoms with Gasteiger partial charge in [0, 0.05) is 6.61 Å². The standard InChI is InChI=1S/C17H29NO2/c1-5-15-8-10-16(11-9-15)17(18-6-2)14(4)20-13-12-19-7-3/h8-11,14,17-18H,5-7,12-13H2,1-4H3. The van der Waals surface area contributed by atoms with Crippen molar-refractivity contribution in [2.75, 3.05) is 26.4 Å². The van der Waals surface area contributed by atoms with E-state index < -0.39 is 0 Å². The van der Waals surface area contributed by atoms with Crippen molar-refractivity contribution in [3.05, 3.63) is 35.4 Å². The summed E-state index contributed by atoms with van der Waals surface area (Å²) in [4.78, 5) is 0. The Morgan fingerprint density at radius 2 is 1.75 bits per heavy atom. The van der Waals surface area contributed by atoms with E-state index in [1.54, 1.807) is 0 Å². The molecule has 0 aliphatic heterocycles.